The Labute approximate surface area is 221 Å². The number of hydrogen-bond acceptors (Lipinski definition) is 4. The molecule has 0 bridgehead atoms. The second-order valence-corrected chi connectivity index (χ2v) is 10.1. The molecular weight excluding hydrogens is 429 g/mol. The molecule has 30 heavy (non-hydrogen) atoms. The van der Waals surface area contributed by atoms with Crippen molar-refractivity contribution in [3.63, 3.8) is 0 Å². The maximum absolute atomic E-state index is 12.7. The number of hydrogen-bond donors (Lipinski definition) is 1. The van der Waals surface area contributed by atoms with Crippen molar-refractivity contribution in [1.29, 1.82) is 0 Å². The molecule has 1 N–H and O–H groups in total. The van der Waals surface area contributed by atoms with Gasteiger partial charge in [0.25, 0.3) is 0 Å². The maximum atomic E-state index is 12.7. The first-order chi connectivity index (χ1) is 13.9. The van der Waals surface area contributed by atoms with Crippen LogP contribution in [0, 0.1) is 0 Å². The fourth-order valence-electron chi connectivity index (χ4n) is 4.91. The van der Waals surface area contributed by atoms with Gasteiger partial charge in [-0.05, 0) is 79.3 Å². The third-order valence-corrected chi connectivity index (χ3v) is 8.17. The third-order valence-electron chi connectivity index (χ3n) is 6.43. The SMILES string of the molecule is CCC(=O)N1CCC(S(=O)(=O)[N-]C(=O)Nc2c3c(cc4c2CCC4)CCC3)CC1.[K+]. The Balaban J connectivity index is 0.00000256. The molecule has 158 valence electrons. The Morgan fingerprint density at radius 2 is 1.63 bits per heavy atom. The van der Waals surface area contributed by atoms with Gasteiger partial charge in [-0.25, -0.2) is 8.42 Å². The topological polar surface area (TPSA) is 97.7 Å². The predicted octanol–water partition coefficient (Wildman–Crippen LogP) is 0.304. The molecule has 1 fully saturated rings. The largest absolute Gasteiger partial charge is 1.00 e. The molecule has 1 aromatic rings. The Bertz CT molecular complexity index is 908. The zero-order valence-corrected chi connectivity index (χ0v) is 21.8. The van der Waals surface area contributed by atoms with Crippen molar-refractivity contribution in [2.75, 3.05) is 18.4 Å². The molecule has 0 atom stereocenters. The Morgan fingerprint density at radius 3 is 2.17 bits per heavy atom. The number of carbonyl (C=O) groups excluding carboxylic acids is 2. The van der Waals surface area contributed by atoms with Crippen LogP contribution in [0.3, 0.4) is 0 Å². The molecular formula is C21H28KN3O4S. The van der Waals surface area contributed by atoms with Crippen LogP contribution in [0.25, 0.3) is 4.72 Å². The number of fused-ring (bicyclic) bond motifs is 2. The van der Waals surface area contributed by atoms with Gasteiger partial charge >= 0.3 is 51.4 Å². The van der Waals surface area contributed by atoms with Gasteiger partial charge in [0.05, 0.1) is 5.25 Å². The van der Waals surface area contributed by atoms with E-state index < -0.39 is 21.3 Å². The minimum absolute atomic E-state index is 0. The van der Waals surface area contributed by atoms with Crippen LogP contribution >= 0.6 is 0 Å². The van der Waals surface area contributed by atoms with Crippen LogP contribution in [0.2, 0.25) is 0 Å². The molecule has 3 aliphatic rings. The molecule has 1 aliphatic heterocycles. The maximum Gasteiger partial charge on any atom is 1.00 e. The van der Waals surface area contributed by atoms with Crippen LogP contribution in [-0.4, -0.2) is 43.6 Å². The van der Waals surface area contributed by atoms with Crippen LogP contribution in [0.1, 0.15) is 61.3 Å². The van der Waals surface area contributed by atoms with E-state index in [-0.39, 0.29) is 57.3 Å². The van der Waals surface area contributed by atoms with Crippen LogP contribution in [0.4, 0.5) is 10.5 Å². The van der Waals surface area contributed by atoms with Gasteiger partial charge in [-0.15, -0.1) is 0 Å². The van der Waals surface area contributed by atoms with Gasteiger partial charge in [0.1, 0.15) is 0 Å². The number of likely N-dealkylation sites (tertiary alicyclic amines) is 1. The summed E-state index contributed by atoms with van der Waals surface area (Å²) < 4.78 is 28.9. The zero-order valence-electron chi connectivity index (χ0n) is 17.9. The summed E-state index contributed by atoms with van der Waals surface area (Å²) in [5, 5.41) is 2.12. The number of sulfonamides is 1. The summed E-state index contributed by atoms with van der Waals surface area (Å²) in [6, 6.07) is 1.46. The molecule has 7 nitrogen and oxygen atoms in total. The van der Waals surface area contributed by atoms with Crippen molar-refractivity contribution in [1.82, 2.24) is 4.90 Å². The third kappa shape index (κ3) is 4.96. The molecule has 1 saturated heterocycles. The van der Waals surface area contributed by atoms with E-state index in [1.165, 1.54) is 11.1 Å². The monoisotopic (exact) mass is 457 g/mol. The van der Waals surface area contributed by atoms with Crippen LogP contribution in [0.5, 0.6) is 0 Å². The van der Waals surface area contributed by atoms with E-state index in [0.29, 0.717) is 32.4 Å². The molecule has 1 aromatic carbocycles. The van der Waals surface area contributed by atoms with Crippen molar-refractivity contribution in [2.45, 2.75) is 70.0 Å². The number of nitrogens with zero attached hydrogens (tertiary/aromatic N) is 2. The summed E-state index contributed by atoms with van der Waals surface area (Å²) >= 11 is 0. The van der Waals surface area contributed by atoms with Crippen molar-refractivity contribution in [3.8, 4) is 0 Å². The minimum atomic E-state index is -3.91. The Kier molecular flexibility index (Phi) is 8.06. The van der Waals surface area contributed by atoms with E-state index in [1.54, 1.807) is 11.8 Å². The number of amides is 3. The van der Waals surface area contributed by atoms with Gasteiger partial charge < -0.3 is 14.9 Å². The number of nitrogens with one attached hydrogen (secondary N) is 1. The fourth-order valence-corrected chi connectivity index (χ4v) is 6.15. The van der Waals surface area contributed by atoms with Gasteiger partial charge in [0.15, 0.2) is 16.1 Å². The molecule has 0 aromatic heterocycles. The minimum Gasteiger partial charge on any atom is -0.423 e. The average molecular weight is 458 g/mol. The number of piperidine rings is 1. The summed E-state index contributed by atoms with van der Waals surface area (Å²) in [4.78, 5) is 26.0. The molecule has 3 amide bonds. The molecule has 0 unspecified atom stereocenters. The van der Waals surface area contributed by atoms with Crippen LogP contribution in [0.15, 0.2) is 6.07 Å². The molecule has 4 rings (SSSR count). The Morgan fingerprint density at radius 1 is 1.07 bits per heavy atom. The number of carbonyl (C=O) groups is 2. The predicted molar refractivity (Wildman–Crippen MR) is 112 cm³/mol. The average Bonchev–Trinajstić information content (AvgIpc) is 3.36. The summed E-state index contributed by atoms with van der Waals surface area (Å²) in [6.07, 6.45) is 7.02. The van der Waals surface area contributed by atoms with Crippen molar-refractivity contribution >= 4 is 27.6 Å². The van der Waals surface area contributed by atoms with E-state index in [1.807, 2.05) is 0 Å². The first-order valence-electron chi connectivity index (χ1n) is 10.6. The second-order valence-electron chi connectivity index (χ2n) is 8.20. The summed E-state index contributed by atoms with van der Waals surface area (Å²) in [7, 11) is -3.91. The van der Waals surface area contributed by atoms with E-state index in [0.717, 1.165) is 55.3 Å². The second kappa shape index (κ2) is 10.00. The number of urea groups is 1. The smallest absolute Gasteiger partial charge is 0.423 e. The number of benzene rings is 1. The van der Waals surface area contributed by atoms with Crippen molar-refractivity contribution in [2.24, 2.45) is 0 Å². The number of aryl methyl sites for hydroxylation is 2. The van der Waals surface area contributed by atoms with Crippen LogP contribution < -0.4 is 56.7 Å². The molecule has 2 aliphatic carbocycles. The standard InChI is InChI=1S/C21H29N3O4S.K/c1-2-19(25)24-11-9-16(10-12-24)29(27,28)23-21(26)22-20-17-7-3-5-14(17)13-15-6-4-8-18(15)20;/h13,16H,2-12H2,1H3,(H2,22,23,26);/q;+1/p-1. The van der Waals surface area contributed by atoms with Gasteiger partial charge in [0.2, 0.25) is 5.91 Å². The van der Waals surface area contributed by atoms with Gasteiger partial charge in [0, 0.05) is 19.5 Å². The van der Waals surface area contributed by atoms with E-state index in [9.17, 15) is 18.0 Å². The summed E-state index contributed by atoms with van der Waals surface area (Å²) in [6.45, 7) is 2.59. The van der Waals surface area contributed by atoms with E-state index >= 15 is 0 Å². The summed E-state index contributed by atoms with van der Waals surface area (Å²) in [5.74, 6) is 0.0299. The van der Waals surface area contributed by atoms with E-state index in [2.05, 4.69) is 16.1 Å². The van der Waals surface area contributed by atoms with Gasteiger partial charge in [-0.3, -0.25) is 9.59 Å². The molecule has 0 spiro atoms. The first kappa shape index (κ1) is 24.2. The molecule has 0 saturated carbocycles. The normalized spacial score (nSPS) is 18.4. The van der Waals surface area contributed by atoms with Gasteiger partial charge in [-0.1, -0.05) is 13.0 Å². The van der Waals surface area contributed by atoms with Crippen LogP contribution in [-0.2, 0) is 40.5 Å². The molecule has 1 heterocycles. The quantitative estimate of drug-likeness (QED) is 0.658. The molecule has 0 radical (unpaired) electrons. The zero-order chi connectivity index (χ0) is 20.6. The Hall–Kier alpha value is -0.454. The number of anilines is 1. The fraction of sp³-hybridized carbons (Fsp3) is 0.619. The van der Waals surface area contributed by atoms with Crippen molar-refractivity contribution < 1.29 is 69.4 Å². The van der Waals surface area contributed by atoms with E-state index in [4.69, 9.17) is 0 Å². The van der Waals surface area contributed by atoms with Crippen molar-refractivity contribution in [3.05, 3.63) is 33.0 Å². The van der Waals surface area contributed by atoms with Gasteiger partial charge in [-0.2, -0.15) is 0 Å². The first-order valence-corrected chi connectivity index (χ1v) is 12.1. The summed E-state index contributed by atoms with van der Waals surface area (Å²) in [5.41, 5.74) is 5.66. The number of rotatable bonds is 4. The molecule has 9 heteroatoms.